The minimum Gasteiger partial charge on any atom is -0.481 e. The monoisotopic (exact) mass is 293 g/mol. The molecule has 1 saturated carbocycles. The minimum atomic E-state index is -4.83. The molecule has 1 aliphatic heterocycles. The molecule has 1 aliphatic carbocycles. The van der Waals surface area contributed by atoms with Gasteiger partial charge in [-0.25, -0.2) is 0 Å². The third-order valence-corrected chi connectivity index (χ3v) is 4.57. The zero-order chi connectivity index (χ0) is 15.0. The third-order valence-electron chi connectivity index (χ3n) is 4.57. The molecule has 0 spiro atoms. The number of aliphatic carboxylic acids is 1. The lowest BCUT2D eigenvalue weighted by Crippen LogP contribution is -2.47. The average molecular weight is 293 g/mol. The van der Waals surface area contributed by atoms with E-state index in [4.69, 9.17) is 5.11 Å². The molecule has 20 heavy (non-hydrogen) atoms. The van der Waals surface area contributed by atoms with Gasteiger partial charge < -0.3 is 10.0 Å². The Kier molecular flexibility index (Phi) is 3.97. The van der Waals surface area contributed by atoms with Gasteiger partial charge in [0.1, 0.15) is 0 Å². The highest BCUT2D eigenvalue weighted by molar-refractivity contribution is 5.81. The van der Waals surface area contributed by atoms with E-state index in [2.05, 4.69) is 0 Å². The maximum atomic E-state index is 13.0. The highest BCUT2D eigenvalue weighted by atomic mass is 19.4. The first-order valence-electron chi connectivity index (χ1n) is 6.84. The summed E-state index contributed by atoms with van der Waals surface area (Å²) in [4.78, 5) is 24.0. The normalized spacial score (nSPS) is 27.4. The Morgan fingerprint density at radius 2 is 1.95 bits per heavy atom. The summed E-state index contributed by atoms with van der Waals surface area (Å²) in [6.45, 7) is -0.884. The van der Waals surface area contributed by atoms with E-state index in [0.29, 0.717) is 12.3 Å². The maximum absolute atomic E-state index is 13.0. The molecule has 1 amide bonds. The van der Waals surface area contributed by atoms with Gasteiger partial charge in [0.05, 0.1) is 0 Å². The average Bonchev–Trinajstić information content (AvgIpc) is 2.71. The summed E-state index contributed by atoms with van der Waals surface area (Å²) in [6.07, 6.45) is -1.16. The Morgan fingerprint density at radius 1 is 1.30 bits per heavy atom. The molecule has 2 aliphatic rings. The van der Waals surface area contributed by atoms with Gasteiger partial charge in [0, 0.05) is 19.5 Å². The second kappa shape index (κ2) is 5.26. The number of hydrogen-bond acceptors (Lipinski definition) is 2. The molecule has 4 nitrogen and oxygen atoms in total. The lowest BCUT2D eigenvalue weighted by molar-refractivity contribution is -0.227. The number of hydrogen-bond donors (Lipinski definition) is 1. The van der Waals surface area contributed by atoms with Gasteiger partial charge in [-0.05, 0) is 18.8 Å². The number of rotatable bonds is 4. The Hall–Kier alpha value is -1.27. The Labute approximate surface area is 114 Å². The molecular weight excluding hydrogens is 275 g/mol. The van der Waals surface area contributed by atoms with Crippen LogP contribution in [0.4, 0.5) is 13.2 Å². The maximum Gasteiger partial charge on any atom is 0.406 e. The van der Waals surface area contributed by atoms with Crippen molar-refractivity contribution in [1.82, 2.24) is 4.90 Å². The summed E-state index contributed by atoms with van der Waals surface area (Å²) < 4.78 is 38.9. The van der Waals surface area contributed by atoms with Crippen LogP contribution in [0.15, 0.2) is 0 Å². The van der Waals surface area contributed by atoms with Crippen molar-refractivity contribution in [2.75, 3.05) is 13.1 Å². The number of alkyl halides is 3. The van der Waals surface area contributed by atoms with Crippen LogP contribution in [-0.2, 0) is 9.59 Å². The van der Waals surface area contributed by atoms with Gasteiger partial charge in [0.25, 0.3) is 0 Å². The summed E-state index contributed by atoms with van der Waals surface area (Å²) in [6, 6.07) is 0. The summed E-state index contributed by atoms with van der Waals surface area (Å²) in [5, 5.41) is 8.91. The molecule has 7 heteroatoms. The number of nitrogens with zero attached hydrogens (tertiary/aromatic N) is 1. The fourth-order valence-corrected chi connectivity index (χ4v) is 2.82. The highest BCUT2D eigenvalue weighted by Crippen LogP contribution is 2.46. The molecule has 2 rings (SSSR count). The molecule has 1 heterocycles. The van der Waals surface area contributed by atoms with Crippen LogP contribution in [0.2, 0.25) is 0 Å². The van der Waals surface area contributed by atoms with E-state index in [1.165, 1.54) is 0 Å². The summed E-state index contributed by atoms with van der Waals surface area (Å²) >= 11 is 0. The van der Waals surface area contributed by atoms with Crippen LogP contribution in [-0.4, -0.2) is 41.1 Å². The van der Waals surface area contributed by atoms with Gasteiger partial charge in [-0.2, -0.15) is 13.2 Å². The van der Waals surface area contributed by atoms with E-state index in [9.17, 15) is 22.8 Å². The van der Waals surface area contributed by atoms with Crippen molar-refractivity contribution in [2.45, 2.75) is 44.7 Å². The van der Waals surface area contributed by atoms with E-state index in [-0.39, 0.29) is 18.9 Å². The largest absolute Gasteiger partial charge is 0.481 e. The second-order valence-electron chi connectivity index (χ2n) is 5.79. The topological polar surface area (TPSA) is 57.6 Å². The van der Waals surface area contributed by atoms with Crippen molar-refractivity contribution >= 4 is 11.9 Å². The molecule has 1 unspecified atom stereocenters. The molecule has 0 aromatic heterocycles. The van der Waals surface area contributed by atoms with Crippen molar-refractivity contribution in [2.24, 2.45) is 11.3 Å². The first-order chi connectivity index (χ1) is 9.26. The number of amides is 1. The molecule has 0 bridgehead atoms. The zero-order valence-corrected chi connectivity index (χ0v) is 11.1. The van der Waals surface area contributed by atoms with Crippen LogP contribution in [0.5, 0.6) is 0 Å². The number of halogens is 3. The number of carboxylic acid groups (broad SMARTS) is 1. The van der Waals surface area contributed by atoms with Crippen LogP contribution in [0.1, 0.15) is 38.5 Å². The van der Waals surface area contributed by atoms with E-state index in [1.54, 1.807) is 0 Å². The van der Waals surface area contributed by atoms with Crippen molar-refractivity contribution in [3.05, 3.63) is 0 Å². The quantitative estimate of drug-likeness (QED) is 0.866. The van der Waals surface area contributed by atoms with Gasteiger partial charge in [-0.1, -0.05) is 19.3 Å². The van der Waals surface area contributed by atoms with Crippen molar-refractivity contribution in [3.8, 4) is 0 Å². The number of carbonyl (C=O) groups is 2. The van der Waals surface area contributed by atoms with Gasteiger partial charge in [0.2, 0.25) is 5.91 Å². The first kappa shape index (κ1) is 15.1. The van der Waals surface area contributed by atoms with E-state index in [1.807, 2.05) is 0 Å². The molecular formula is C13H18F3NO3. The van der Waals surface area contributed by atoms with Gasteiger partial charge in [-0.15, -0.1) is 0 Å². The Morgan fingerprint density at radius 3 is 2.35 bits per heavy atom. The van der Waals surface area contributed by atoms with Crippen LogP contribution >= 0.6 is 0 Å². The first-order valence-corrected chi connectivity index (χ1v) is 6.84. The van der Waals surface area contributed by atoms with Crippen molar-refractivity contribution in [1.29, 1.82) is 0 Å². The zero-order valence-electron chi connectivity index (χ0n) is 11.1. The lowest BCUT2D eigenvalue weighted by atomic mass is 9.82. The molecule has 0 radical (unpaired) electrons. The number of carbonyl (C=O) groups excluding carboxylic acids is 1. The second-order valence-corrected chi connectivity index (χ2v) is 5.79. The summed E-state index contributed by atoms with van der Waals surface area (Å²) in [5.41, 5.74) is -2.79. The SMILES string of the molecule is O=C(CCC1CCC1)N1CCC(C(=O)O)(C(F)(F)F)C1. The van der Waals surface area contributed by atoms with Gasteiger partial charge in [0.15, 0.2) is 5.41 Å². The van der Waals surface area contributed by atoms with Gasteiger partial charge in [-0.3, -0.25) is 9.59 Å². The lowest BCUT2D eigenvalue weighted by Gasteiger charge is -2.28. The van der Waals surface area contributed by atoms with E-state index >= 15 is 0 Å². The fraction of sp³-hybridized carbons (Fsp3) is 0.846. The summed E-state index contributed by atoms with van der Waals surface area (Å²) in [5.74, 6) is -1.74. The Balaban J connectivity index is 1.95. The number of likely N-dealkylation sites (tertiary alicyclic amines) is 1. The smallest absolute Gasteiger partial charge is 0.406 e. The molecule has 0 aromatic carbocycles. The Bertz CT molecular complexity index is 406. The molecule has 1 N–H and O–H groups in total. The van der Waals surface area contributed by atoms with E-state index < -0.39 is 30.5 Å². The molecule has 0 aromatic rings. The van der Waals surface area contributed by atoms with Crippen LogP contribution < -0.4 is 0 Å². The van der Waals surface area contributed by atoms with Crippen molar-refractivity contribution in [3.63, 3.8) is 0 Å². The summed E-state index contributed by atoms with van der Waals surface area (Å²) in [7, 11) is 0. The predicted molar refractivity (Wildman–Crippen MR) is 63.9 cm³/mol. The van der Waals surface area contributed by atoms with Crippen molar-refractivity contribution < 1.29 is 27.9 Å². The number of carboxylic acids is 1. The van der Waals surface area contributed by atoms with Crippen LogP contribution in [0.3, 0.4) is 0 Å². The molecule has 2 fully saturated rings. The highest BCUT2D eigenvalue weighted by Gasteiger charge is 2.64. The van der Waals surface area contributed by atoms with E-state index in [0.717, 1.165) is 24.2 Å². The van der Waals surface area contributed by atoms with Crippen LogP contribution in [0.25, 0.3) is 0 Å². The minimum absolute atomic E-state index is 0.130. The van der Waals surface area contributed by atoms with Crippen LogP contribution in [0, 0.1) is 11.3 Å². The molecule has 114 valence electrons. The molecule has 1 saturated heterocycles. The standard InChI is InChI=1S/C13H18F3NO3/c14-13(15,16)12(11(19)20)6-7-17(8-12)10(18)5-4-9-2-1-3-9/h9H,1-8H2,(H,19,20). The molecule has 1 atom stereocenters. The third kappa shape index (κ3) is 2.62. The van der Waals surface area contributed by atoms with Gasteiger partial charge >= 0.3 is 12.1 Å². The fourth-order valence-electron chi connectivity index (χ4n) is 2.82. The predicted octanol–water partition coefficient (Wildman–Crippen LogP) is 2.43.